The number of rotatable bonds is 5. The molecule has 0 radical (unpaired) electrons. The highest BCUT2D eigenvalue weighted by Gasteiger charge is 2.16. The number of fused-ring (bicyclic) bond motifs is 1. The average Bonchev–Trinajstić information content (AvgIpc) is 2.82. The van der Waals surface area contributed by atoms with E-state index in [-0.39, 0.29) is 11.8 Å². The van der Waals surface area contributed by atoms with Crippen LogP contribution in [0.25, 0.3) is 10.9 Å². The third kappa shape index (κ3) is 3.91. The van der Waals surface area contributed by atoms with Crippen LogP contribution in [0.4, 0.5) is 0 Å². The highest BCUT2D eigenvalue weighted by Crippen LogP contribution is 2.16. The smallest absolute Gasteiger partial charge is 0.251 e. The summed E-state index contributed by atoms with van der Waals surface area (Å²) in [6.45, 7) is 2.14. The van der Waals surface area contributed by atoms with Crippen molar-refractivity contribution in [3.63, 3.8) is 0 Å². The van der Waals surface area contributed by atoms with Gasteiger partial charge in [-0.15, -0.1) is 0 Å². The maximum absolute atomic E-state index is 12.4. The Morgan fingerprint density at radius 3 is 3.00 bits per heavy atom. The minimum absolute atomic E-state index is 0.0872. The highest BCUT2D eigenvalue weighted by atomic mass is 16.2. The summed E-state index contributed by atoms with van der Waals surface area (Å²) in [7, 11) is 0. The highest BCUT2D eigenvalue weighted by molar-refractivity contribution is 6.06. The molecule has 0 unspecified atom stereocenters. The molecule has 1 aromatic heterocycles. The Labute approximate surface area is 142 Å². The number of nitrogens with zero attached hydrogens (tertiary/aromatic N) is 2. The van der Waals surface area contributed by atoms with Crippen LogP contribution in [0.15, 0.2) is 36.5 Å². The summed E-state index contributed by atoms with van der Waals surface area (Å²) in [6.07, 6.45) is 6.38. The fourth-order valence-electron chi connectivity index (χ4n) is 3.14. The first-order chi connectivity index (χ1) is 11.8. The summed E-state index contributed by atoms with van der Waals surface area (Å²) < 4.78 is 0. The number of carbonyl (C=O) groups is 2. The van der Waals surface area contributed by atoms with Gasteiger partial charge in [0.25, 0.3) is 5.91 Å². The lowest BCUT2D eigenvalue weighted by molar-refractivity contribution is -0.130. The second-order valence-corrected chi connectivity index (χ2v) is 6.18. The monoisotopic (exact) mass is 325 g/mol. The fraction of sp³-hybridized carbons (Fsp3) is 0.421. The van der Waals surface area contributed by atoms with Crippen molar-refractivity contribution in [2.24, 2.45) is 0 Å². The fourth-order valence-corrected chi connectivity index (χ4v) is 3.14. The molecule has 0 saturated carbocycles. The molecule has 1 saturated heterocycles. The standard InChI is InChI=1S/C19H23N3O2/c23-18-10-2-1-3-13-22(18)14-6-12-21-19(24)16-7-4-9-17-15(16)8-5-11-20-17/h4-5,7-9,11H,1-3,6,10,12-14H2,(H,21,24). The molecule has 1 aliphatic rings. The molecule has 5 heteroatoms. The Hall–Kier alpha value is -2.43. The van der Waals surface area contributed by atoms with Gasteiger partial charge in [-0.2, -0.15) is 0 Å². The molecule has 126 valence electrons. The molecule has 24 heavy (non-hydrogen) atoms. The maximum Gasteiger partial charge on any atom is 0.251 e. The predicted molar refractivity (Wildman–Crippen MR) is 93.7 cm³/mol. The molecule has 2 aromatic rings. The number of amides is 2. The Morgan fingerprint density at radius 2 is 2.08 bits per heavy atom. The normalized spacial score (nSPS) is 15.3. The topological polar surface area (TPSA) is 62.3 Å². The summed E-state index contributed by atoms with van der Waals surface area (Å²) in [5.41, 5.74) is 1.46. The van der Waals surface area contributed by atoms with Gasteiger partial charge in [0.05, 0.1) is 5.52 Å². The van der Waals surface area contributed by atoms with Crippen molar-refractivity contribution < 1.29 is 9.59 Å². The van der Waals surface area contributed by atoms with Crippen LogP contribution < -0.4 is 5.32 Å². The first-order valence-electron chi connectivity index (χ1n) is 8.65. The van der Waals surface area contributed by atoms with Gasteiger partial charge >= 0.3 is 0 Å². The van der Waals surface area contributed by atoms with E-state index in [0.29, 0.717) is 18.5 Å². The van der Waals surface area contributed by atoms with E-state index in [2.05, 4.69) is 10.3 Å². The molecule has 0 atom stereocenters. The molecule has 2 heterocycles. The van der Waals surface area contributed by atoms with Crippen LogP contribution in [0.5, 0.6) is 0 Å². The van der Waals surface area contributed by atoms with Crippen LogP contribution in [0.1, 0.15) is 42.5 Å². The number of hydrogen-bond donors (Lipinski definition) is 1. The van der Waals surface area contributed by atoms with Crippen LogP contribution in [0.2, 0.25) is 0 Å². The van der Waals surface area contributed by atoms with Crippen molar-refractivity contribution in [2.45, 2.75) is 32.1 Å². The Balaban J connectivity index is 1.53. The molecule has 5 nitrogen and oxygen atoms in total. The Bertz CT molecular complexity index is 724. The lowest BCUT2D eigenvalue weighted by atomic mass is 10.1. The molecule has 0 bridgehead atoms. The average molecular weight is 325 g/mol. The second kappa shape index (κ2) is 7.90. The number of likely N-dealkylation sites (tertiary alicyclic amines) is 1. The molecule has 2 amide bonds. The summed E-state index contributed by atoms with van der Waals surface area (Å²) in [5.74, 6) is 0.162. The van der Waals surface area contributed by atoms with Crippen molar-refractivity contribution in [1.82, 2.24) is 15.2 Å². The largest absolute Gasteiger partial charge is 0.352 e. The minimum atomic E-state index is -0.0872. The molecule has 0 spiro atoms. The van der Waals surface area contributed by atoms with Crippen LogP contribution in [0.3, 0.4) is 0 Å². The molecular formula is C19H23N3O2. The van der Waals surface area contributed by atoms with Crippen molar-refractivity contribution in [3.8, 4) is 0 Å². The third-order valence-electron chi connectivity index (χ3n) is 4.45. The van der Waals surface area contributed by atoms with E-state index >= 15 is 0 Å². The van der Waals surface area contributed by atoms with Crippen molar-refractivity contribution >= 4 is 22.7 Å². The van der Waals surface area contributed by atoms with E-state index in [1.165, 1.54) is 0 Å². The summed E-state index contributed by atoms with van der Waals surface area (Å²) >= 11 is 0. The van der Waals surface area contributed by atoms with Crippen molar-refractivity contribution in [2.75, 3.05) is 19.6 Å². The van der Waals surface area contributed by atoms with Gasteiger partial charge in [-0.1, -0.05) is 18.6 Å². The number of pyridine rings is 1. The van der Waals surface area contributed by atoms with Gasteiger partial charge in [0, 0.05) is 43.2 Å². The lowest BCUT2D eigenvalue weighted by Gasteiger charge is -2.20. The molecular weight excluding hydrogens is 302 g/mol. The van der Waals surface area contributed by atoms with Crippen molar-refractivity contribution in [3.05, 3.63) is 42.1 Å². The quantitative estimate of drug-likeness (QED) is 0.860. The number of hydrogen-bond acceptors (Lipinski definition) is 3. The van der Waals surface area contributed by atoms with Gasteiger partial charge < -0.3 is 10.2 Å². The van der Waals surface area contributed by atoms with Crippen LogP contribution in [-0.4, -0.2) is 41.3 Å². The van der Waals surface area contributed by atoms with E-state index in [0.717, 1.165) is 49.7 Å². The summed E-state index contributed by atoms with van der Waals surface area (Å²) in [6, 6.07) is 9.31. The van der Waals surface area contributed by atoms with Gasteiger partial charge in [0.1, 0.15) is 0 Å². The first-order valence-corrected chi connectivity index (χ1v) is 8.65. The van der Waals surface area contributed by atoms with Gasteiger partial charge in [-0.3, -0.25) is 14.6 Å². The van der Waals surface area contributed by atoms with Crippen LogP contribution >= 0.6 is 0 Å². The summed E-state index contributed by atoms with van der Waals surface area (Å²) in [5, 5.41) is 3.82. The second-order valence-electron chi connectivity index (χ2n) is 6.18. The minimum Gasteiger partial charge on any atom is -0.352 e. The van der Waals surface area contributed by atoms with Gasteiger partial charge in [0.15, 0.2) is 0 Å². The number of nitrogens with one attached hydrogen (secondary N) is 1. The molecule has 1 aliphatic heterocycles. The van der Waals surface area contributed by atoms with Gasteiger partial charge in [-0.05, 0) is 37.5 Å². The van der Waals surface area contributed by atoms with E-state index < -0.39 is 0 Å². The molecule has 1 N–H and O–H groups in total. The predicted octanol–water partition coefficient (Wildman–Crippen LogP) is 2.76. The third-order valence-corrected chi connectivity index (χ3v) is 4.45. The first kappa shape index (κ1) is 16.4. The Morgan fingerprint density at radius 1 is 1.17 bits per heavy atom. The maximum atomic E-state index is 12.4. The van der Waals surface area contributed by atoms with Gasteiger partial charge in [0.2, 0.25) is 5.91 Å². The Kier molecular flexibility index (Phi) is 5.41. The van der Waals surface area contributed by atoms with E-state index in [1.807, 2.05) is 35.2 Å². The SMILES string of the molecule is O=C(NCCCN1CCCCCC1=O)c1cccc2ncccc12. The molecule has 3 rings (SSSR count). The zero-order chi connectivity index (χ0) is 16.8. The number of aromatic nitrogens is 1. The molecule has 0 aliphatic carbocycles. The number of carbonyl (C=O) groups excluding carboxylic acids is 2. The lowest BCUT2D eigenvalue weighted by Crippen LogP contribution is -2.34. The molecule has 1 aromatic carbocycles. The van der Waals surface area contributed by atoms with Crippen LogP contribution in [0, 0.1) is 0 Å². The van der Waals surface area contributed by atoms with Crippen molar-refractivity contribution in [1.29, 1.82) is 0 Å². The summed E-state index contributed by atoms with van der Waals surface area (Å²) in [4.78, 5) is 30.6. The van der Waals surface area contributed by atoms with Gasteiger partial charge in [-0.25, -0.2) is 0 Å². The van der Waals surface area contributed by atoms with E-state index in [1.54, 1.807) is 6.20 Å². The number of benzene rings is 1. The van der Waals surface area contributed by atoms with Crippen LogP contribution in [-0.2, 0) is 4.79 Å². The van der Waals surface area contributed by atoms with E-state index in [4.69, 9.17) is 0 Å². The zero-order valence-corrected chi connectivity index (χ0v) is 13.8. The molecule has 1 fully saturated rings. The zero-order valence-electron chi connectivity index (χ0n) is 13.8. The van der Waals surface area contributed by atoms with E-state index in [9.17, 15) is 9.59 Å².